The van der Waals surface area contributed by atoms with Crippen molar-refractivity contribution in [3.8, 4) is 0 Å². The molecule has 7 heteroatoms. The summed E-state index contributed by atoms with van der Waals surface area (Å²) in [5, 5.41) is 10.8. The molecule has 4 atom stereocenters. The Bertz CT molecular complexity index is 597. The normalized spacial score (nSPS) is 27.1. The quantitative estimate of drug-likeness (QED) is 0.238. The molecule has 0 radical (unpaired) electrons. The van der Waals surface area contributed by atoms with Gasteiger partial charge in [-0.15, -0.1) is 0 Å². The third-order valence-corrected chi connectivity index (χ3v) is 6.70. The van der Waals surface area contributed by atoms with Crippen molar-refractivity contribution in [3.63, 3.8) is 0 Å². The number of methoxy groups -OCH3 is 1. The molecule has 184 valence electrons. The number of carbonyl (C=O) groups excluding carboxylic acids is 2. The van der Waals surface area contributed by atoms with Crippen LogP contribution in [0.3, 0.4) is 0 Å². The van der Waals surface area contributed by atoms with Gasteiger partial charge in [0.25, 0.3) is 0 Å². The Hall–Kier alpha value is -1.44. The monoisotopic (exact) mass is 454 g/mol. The largest absolute Gasteiger partial charge is 0.469 e. The van der Waals surface area contributed by atoms with Crippen LogP contribution in [0.1, 0.15) is 84.5 Å². The highest BCUT2D eigenvalue weighted by Gasteiger charge is 2.45. The van der Waals surface area contributed by atoms with Gasteiger partial charge in [-0.2, -0.15) is 0 Å². The molecule has 2 fully saturated rings. The number of esters is 2. The summed E-state index contributed by atoms with van der Waals surface area (Å²) in [6, 6.07) is 0. The molecule has 0 spiro atoms. The first-order valence-corrected chi connectivity index (χ1v) is 12.3. The molecular weight excluding hydrogens is 412 g/mol. The maximum Gasteiger partial charge on any atom is 0.305 e. The minimum absolute atomic E-state index is 0.0231. The van der Waals surface area contributed by atoms with Gasteiger partial charge in [-0.05, 0) is 38.0 Å². The molecule has 32 heavy (non-hydrogen) atoms. The van der Waals surface area contributed by atoms with E-state index >= 15 is 0 Å². The fourth-order valence-electron chi connectivity index (χ4n) is 5.01. The van der Waals surface area contributed by atoms with Crippen LogP contribution < -0.4 is 0 Å². The standard InChI is InChI=1S/C25H42O7/c1-4-5-10-14-25(30-16-17-31-25)15-13-20-21(23(18-22(20)27)32-19(2)26)11-8-6-7-9-12-24(28)29-3/h6,8,20-23,27H,4-5,7,9-18H2,1-3H3/t20-,21-,22+,23+/m1/s1. The predicted molar refractivity (Wildman–Crippen MR) is 121 cm³/mol. The summed E-state index contributed by atoms with van der Waals surface area (Å²) in [4.78, 5) is 22.9. The number of hydrogen-bond acceptors (Lipinski definition) is 7. The number of rotatable bonds is 14. The number of ether oxygens (including phenoxy) is 4. The highest BCUT2D eigenvalue weighted by molar-refractivity contribution is 5.69. The average Bonchev–Trinajstić information content (AvgIpc) is 3.33. The van der Waals surface area contributed by atoms with Gasteiger partial charge in [-0.3, -0.25) is 9.59 Å². The minimum atomic E-state index is -0.539. The predicted octanol–water partition coefficient (Wildman–Crippen LogP) is 4.31. The Morgan fingerprint density at radius 2 is 1.84 bits per heavy atom. The van der Waals surface area contributed by atoms with Crippen molar-refractivity contribution >= 4 is 11.9 Å². The zero-order chi connectivity index (χ0) is 23.4. The van der Waals surface area contributed by atoms with E-state index in [1.54, 1.807) is 0 Å². The number of hydrogen-bond donors (Lipinski definition) is 1. The third kappa shape index (κ3) is 8.49. The van der Waals surface area contributed by atoms with Crippen molar-refractivity contribution < 1.29 is 33.6 Å². The zero-order valence-electron chi connectivity index (χ0n) is 20.1. The summed E-state index contributed by atoms with van der Waals surface area (Å²) >= 11 is 0. The molecule has 0 aromatic carbocycles. The molecule has 1 saturated carbocycles. The van der Waals surface area contributed by atoms with E-state index in [0.717, 1.165) is 57.8 Å². The highest BCUT2D eigenvalue weighted by atomic mass is 16.7. The first-order chi connectivity index (χ1) is 15.4. The van der Waals surface area contributed by atoms with Gasteiger partial charge in [0, 0.05) is 38.5 Å². The Balaban J connectivity index is 1.95. The van der Waals surface area contributed by atoms with Gasteiger partial charge in [0.15, 0.2) is 5.79 Å². The highest BCUT2D eigenvalue weighted by Crippen LogP contribution is 2.42. The molecule has 0 aromatic heterocycles. The van der Waals surface area contributed by atoms with E-state index in [1.807, 2.05) is 0 Å². The van der Waals surface area contributed by atoms with Crippen LogP contribution in [0.15, 0.2) is 12.2 Å². The van der Waals surface area contributed by atoms with Crippen LogP contribution in [0.25, 0.3) is 0 Å². The second kappa shape index (κ2) is 14.0. The number of aliphatic hydroxyl groups excluding tert-OH is 1. The average molecular weight is 455 g/mol. The summed E-state index contributed by atoms with van der Waals surface area (Å²) in [6.07, 6.45) is 12.2. The lowest BCUT2D eigenvalue weighted by Crippen LogP contribution is -2.33. The summed E-state index contributed by atoms with van der Waals surface area (Å²) in [6.45, 7) is 4.84. The summed E-state index contributed by atoms with van der Waals surface area (Å²) in [7, 11) is 1.40. The lowest BCUT2D eigenvalue weighted by molar-refractivity contribution is -0.172. The fraction of sp³-hybridized carbons (Fsp3) is 0.840. The van der Waals surface area contributed by atoms with Crippen LogP contribution in [-0.2, 0) is 28.5 Å². The van der Waals surface area contributed by atoms with Crippen molar-refractivity contribution in [3.05, 3.63) is 12.2 Å². The molecule has 7 nitrogen and oxygen atoms in total. The Kier molecular flexibility index (Phi) is 11.7. The first-order valence-electron chi connectivity index (χ1n) is 12.3. The lowest BCUT2D eigenvalue weighted by atomic mass is 9.85. The summed E-state index contributed by atoms with van der Waals surface area (Å²) in [5.41, 5.74) is 0. The summed E-state index contributed by atoms with van der Waals surface area (Å²) in [5.74, 6) is -0.970. The van der Waals surface area contributed by atoms with Crippen LogP contribution in [0.5, 0.6) is 0 Å². The second-order valence-corrected chi connectivity index (χ2v) is 9.06. The van der Waals surface area contributed by atoms with Crippen molar-refractivity contribution in [2.45, 2.75) is 102 Å². The van der Waals surface area contributed by atoms with Crippen LogP contribution in [0, 0.1) is 11.8 Å². The maximum absolute atomic E-state index is 11.6. The Morgan fingerprint density at radius 1 is 1.09 bits per heavy atom. The van der Waals surface area contributed by atoms with Crippen molar-refractivity contribution in [1.29, 1.82) is 0 Å². The van der Waals surface area contributed by atoms with E-state index in [4.69, 9.17) is 14.2 Å². The van der Waals surface area contributed by atoms with E-state index < -0.39 is 11.9 Å². The number of carbonyl (C=O) groups is 2. The molecule has 1 heterocycles. The molecule has 1 saturated heterocycles. The molecule has 2 rings (SSSR count). The Labute approximate surface area is 192 Å². The fourth-order valence-corrected chi connectivity index (χ4v) is 5.01. The third-order valence-electron chi connectivity index (χ3n) is 6.70. The number of allylic oxidation sites excluding steroid dienone is 2. The van der Waals surface area contributed by atoms with Gasteiger partial charge in [0.1, 0.15) is 6.10 Å². The van der Waals surface area contributed by atoms with Gasteiger partial charge >= 0.3 is 11.9 Å². The molecule has 1 aliphatic carbocycles. The SMILES string of the molecule is CCCCCC1(CC[C@@H]2[C@@H](CC=CCCCC(=O)OC)[C@@H](OC(C)=O)C[C@@H]2O)OCCO1. The maximum atomic E-state index is 11.6. The molecule has 0 unspecified atom stereocenters. The van der Waals surface area contributed by atoms with Gasteiger partial charge < -0.3 is 24.1 Å². The second-order valence-electron chi connectivity index (χ2n) is 9.06. The molecule has 0 amide bonds. The van der Waals surface area contributed by atoms with E-state index in [9.17, 15) is 14.7 Å². The topological polar surface area (TPSA) is 91.3 Å². The minimum Gasteiger partial charge on any atom is -0.469 e. The lowest BCUT2D eigenvalue weighted by Gasteiger charge is -2.31. The molecule has 2 aliphatic rings. The van der Waals surface area contributed by atoms with Crippen LogP contribution in [-0.4, -0.2) is 55.4 Å². The van der Waals surface area contributed by atoms with Crippen molar-refractivity contribution in [2.75, 3.05) is 20.3 Å². The van der Waals surface area contributed by atoms with E-state index in [1.165, 1.54) is 14.0 Å². The molecular formula is C25H42O7. The summed E-state index contributed by atoms with van der Waals surface area (Å²) < 4.78 is 22.3. The van der Waals surface area contributed by atoms with E-state index in [-0.39, 0.29) is 29.9 Å². The smallest absolute Gasteiger partial charge is 0.305 e. The molecule has 1 aliphatic heterocycles. The van der Waals surface area contributed by atoms with Crippen LogP contribution in [0.4, 0.5) is 0 Å². The van der Waals surface area contributed by atoms with Crippen LogP contribution >= 0.6 is 0 Å². The first kappa shape index (κ1) is 26.8. The van der Waals surface area contributed by atoms with Crippen LogP contribution in [0.2, 0.25) is 0 Å². The van der Waals surface area contributed by atoms with Crippen molar-refractivity contribution in [1.82, 2.24) is 0 Å². The molecule has 0 aromatic rings. The van der Waals surface area contributed by atoms with Gasteiger partial charge in [0.2, 0.25) is 0 Å². The van der Waals surface area contributed by atoms with Gasteiger partial charge in [0.05, 0.1) is 26.4 Å². The zero-order valence-corrected chi connectivity index (χ0v) is 20.1. The van der Waals surface area contributed by atoms with Gasteiger partial charge in [-0.25, -0.2) is 0 Å². The number of aliphatic hydroxyl groups is 1. The van der Waals surface area contributed by atoms with E-state index in [2.05, 4.69) is 23.8 Å². The van der Waals surface area contributed by atoms with Crippen molar-refractivity contribution in [2.24, 2.45) is 11.8 Å². The van der Waals surface area contributed by atoms with Gasteiger partial charge in [-0.1, -0.05) is 31.9 Å². The molecule has 0 bridgehead atoms. The molecule has 1 N–H and O–H groups in total. The van der Waals surface area contributed by atoms with E-state index in [0.29, 0.717) is 26.1 Å². The Morgan fingerprint density at radius 3 is 2.50 bits per heavy atom. The number of unbranched alkanes of at least 4 members (excludes halogenated alkanes) is 3.